The van der Waals surface area contributed by atoms with E-state index in [2.05, 4.69) is 174 Å². The molecule has 0 unspecified atom stereocenters. The Morgan fingerprint density at radius 3 is 1.90 bits per heavy atom. The van der Waals surface area contributed by atoms with Gasteiger partial charge in [-0.25, -0.2) is 0 Å². The highest BCUT2D eigenvalue weighted by atomic mass is 32.2. The van der Waals surface area contributed by atoms with E-state index in [0.717, 1.165) is 11.3 Å². The SMILES string of the molecule is c1ccc(-n2c3ccccc3c3cc(-c4cccc5c4C4(c6ccccc6Sc6ccccc64)c4ccc(-c6ccccn6)cc4S5)ccc32)cc1. The third-order valence-corrected chi connectivity index (χ3v) is 13.0. The Hall–Kier alpha value is -5.81. The summed E-state index contributed by atoms with van der Waals surface area (Å²) in [4.78, 5) is 9.88. The van der Waals surface area contributed by atoms with E-state index in [1.165, 1.54) is 80.5 Å². The molecule has 2 aliphatic rings. The number of rotatable bonds is 3. The van der Waals surface area contributed by atoms with E-state index in [1.807, 2.05) is 35.8 Å². The summed E-state index contributed by atoms with van der Waals surface area (Å²) in [5.41, 5.74) is 13.0. The molecule has 0 fully saturated rings. The van der Waals surface area contributed by atoms with Crippen molar-refractivity contribution in [1.29, 1.82) is 0 Å². The highest BCUT2D eigenvalue weighted by Crippen LogP contribution is 2.63. The molecule has 244 valence electrons. The van der Waals surface area contributed by atoms with Gasteiger partial charge in [-0.05, 0) is 100 Å². The van der Waals surface area contributed by atoms with Gasteiger partial charge >= 0.3 is 0 Å². The summed E-state index contributed by atoms with van der Waals surface area (Å²) in [6, 6.07) is 64.8. The van der Waals surface area contributed by atoms with Gasteiger partial charge in [-0.1, -0.05) is 133 Å². The van der Waals surface area contributed by atoms with Crippen LogP contribution in [0, 0.1) is 0 Å². The maximum atomic E-state index is 4.73. The maximum absolute atomic E-state index is 4.73. The summed E-state index contributed by atoms with van der Waals surface area (Å²) in [7, 11) is 0. The molecule has 0 bridgehead atoms. The summed E-state index contributed by atoms with van der Waals surface area (Å²) in [6.07, 6.45) is 1.88. The predicted octanol–water partition coefficient (Wildman–Crippen LogP) is 12.8. The lowest BCUT2D eigenvalue weighted by Gasteiger charge is -2.46. The summed E-state index contributed by atoms with van der Waals surface area (Å²) < 4.78 is 2.40. The van der Waals surface area contributed by atoms with Gasteiger partial charge < -0.3 is 4.57 Å². The molecule has 0 radical (unpaired) electrons. The number of pyridine rings is 1. The van der Waals surface area contributed by atoms with Crippen molar-refractivity contribution >= 4 is 45.3 Å². The molecule has 7 aromatic carbocycles. The van der Waals surface area contributed by atoms with E-state index in [-0.39, 0.29) is 0 Å². The predicted molar refractivity (Wildman–Crippen MR) is 216 cm³/mol. The number of para-hydroxylation sites is 2. The van der Waals surface area contributed by atoms with Crippen molar-refractivity contribution in [2.24, 2.45) is 0 Å². The van der Waals surface area contributed by atoms with Crippen LogP contribution in [-0.2, 0) is 5.41 Å². The minimum atomic E-state index is -0.527. The topological polar surface area (TPSA) is 17.8 Å². The fourth-order valence-electron chi connectivity index (χ4n) is 8.66. The normalized spacial score (nSPS) is 13.8. The molecule has 52 heavy (non-hydrogen) atoms. The second-order valence-corrected chi connectivity index (χ2v) is 15.6. The van der Waals surface area contributed by atoms with Crippen molar-refractivity contribution < 1.29 is 0 Å². The molecule has 0 saturated heterocycles. The zero-order chi connectivity index (χ0) is 34.2. The third-order valence-electron chi connectivity index (χ3n) is 10.8. The molecule has 9 aromatic rings. The van der Waals surface area contributed by atoms with Crippen molar-refractivity contribution in [3.8, 4) is 28.1 Å². The summed E-state index contributed by atoms with van der Waals surface area (Å²) in [5.74, 6) is 0. The zero-order valence-corrected chi connectivity index (χ0v) is 29.7. The van der Waals surface area contributed by atoms with Crippen LogP contribution < -0.4 is 0 Å². The minimum Gasteiger partial charge on any atom is -0.309 e. The molecule has 0 N–H and O–H groups in total. The lowest BCUT2D eigenvalue weighted by atomic mass is 9.62. The summed E-state index contributed by atoms with van der Waals surface area (Å²) >= 11 is 3.77. The fourth-order valence-corrected chi connectivity index (χ4v) is 11.1. The van der Waals surface area contributed by atoms with Crippen LogP contribution in [0.2, 0.25) is 0 Å². The molecule has 4 heteroatoms. The van der Waals surface area contributed by atoms with Gasteiger partial charge in [0.1, 0.15) is 0 Å². The van der Waals surface area contributed by atoms with Gasteiger partial charge in [0, 0.05) is 47.8 Å². The number of nitrogens with zero attached hydrogens (tertiary/aromatic N) is 2. The van der Waals surface area contributed by atoms with E-state index < -0.39 is 5.41 Å². The largest absolute Gasteiger partial charge is 0.309 e. The monoisotopic (exact) mass is 698 g/mol. The average molecular weight is 699 g/mol. The van der Waals surface area contributed by atoms with Gasteiger partial charge in [0.05, 0.1) is 22.1 Å². The lowest BCUT2D eigenvalue weighted by molar-refractivity contribution is 0.669. The smallest absolute Gasteiger partial charge is 0.0751 e. The highest BCUT2D eigenvalue weighted by Gasteiger charge is 2.50. The van der Waals surface area contributed by atoms with Crippen molar-refractivity contribution in [2.75, 3.05) is 0 Å². The molecule has 0 saturated carbocycles. The molecule has 2 aromatic heterocycles. The van der Waals surface area contributed by atoms with Crippen LogP contribution in [0.25, 0.3) is 49.9 Å². The Labute approximate surface area is 310 Å². The summed E-state index contributed by atoms with van der Waals surface area (Å²) in [6.45, 7) is 0. The first kappa shape index (κ1) is 29.9. The lowest BCUT2D eigenvalue weighted by Crippen LogP contribution is -2.37. The Balaban J connectivity index is 1.22. The number of aromatic nitrogens is 2. The molecule has 2 aliphatic heterocycles. The molecule has 1 spiro atoms. The van der Waals surface area contributed by atoms with Crippen LogP contribution in [0.5, 0.6) is 0 Å². The first-order chi connectivity index (χ1) is 25.8. The van der Waals surface area contributed by atoms with E-state index in [1.54, 1.807) is 0 Å². The van der Waals surface area contributed by atoms with Crippen LogP contribution in [0.15, 0.2) is 202 Å². The van der Waals surface area contributed by atoms with Gasteiger partial charge in [0.15, 0.2) is 0 Å². The van der Waals surface area contributed by atoms with Gasteiger partial charge in [-0.15, -0.1) is 0 Å². The van der Waals surface area contributed by atoms with E-state index in [4.69, 9.17) is 4.98 Å². The van der Waals surface area contributed by atoms with Crippen molar-refractivity contribution in [3.05, 3.63) is 204 Å². The van der Waals surface area contributed by atoms with Crippen LogP contribution in [-0.4, -0.2) is 9.55 Å². The third kappa shape index (κ3) is 4.25. The Bertz CT molecular complexity index is 2810. The molecule has 4 heterocycles. The standard InChI is InChI=1S/C48H30N2S2/c1-2-13-33(14-3-1)50-41-20-7-4-15-35(41)36-29-31(25-27-42(36)50)34-16-12-23-45-47(34)48(37-17-5-8-21-43(37)51-44-22-9-6-18-38(44)48)39-26-24-32(30-46(39)52-45)40-19-10-11-28-49-40/h1-30H. The van der Waals surface area contributed by atoms with E-state index in [0.29, 0.717) is 0 Å². The van der Waals surface area contributed by atoms with Crippen molar-refractivity contribution in [1.82, 2.24) is 9.55 Å². The van der Waals surface area contributed by atoms with Gasteiger partial charge in [-0.2, -0.15) is 0 Å². The zero-order valence-electron chi connectivity index (χ0n) is 28.0. The molecule has 0 atom stereocenters. The fraction of sp³-hybridized carbons (Fsp3) is 0.0208. The molecule has 0 aliphatic carbocycles. The Morgan fingerprint density at radius 2 is 1.10 bits per heavy atom. The van der Waals surface area contributed by atoms with Gasteiger partial charge in [-0.3, -0.25) is 4.98 Å². The van der Waals surface area contributed by atoms with Crippen molar-refractivity contribution in [2.45, 2.75) is 25.0 Å². The Kier molecular flexibility index (Phi) is 6.67. The molecular formula is C48H30N2S2. The second-order valence-electron chi connectivity index (χ2n) is 13.5. The molecule has 2 nitrogen and oxygen atoms in total. The van der Waals surface area contributed by atoms with E-state index >= 15 is 0 Å². The number of hydrogen-bond donors (Lipinski definition) is 0. The van der Waals surface area contributed by atoms with Crippen molar-refractivity contribution in [3.63, 3.8) is 0 Å². The quantitative estimate of drug-likeness (QED) is 0.183. The summed E-state index contributed by atoms with van der Waals surface area (Å²) in [5, 5.41) is 2.52. The first-order valence-electron chi connectivity index (χ1n) is 17.6. The van der Waals surface area contributed by atoms with E-state index in [9.17, 15) is 0 Å². The second kappa shape index (κ2) is 11.6. The minimum absolute atomic E-state index is 0.527. The van der Waals surface area contributed by atoms with Crippen LogP contribution in [0.4, 0.5) is 0 Å². The molecule has 0 amide bonds. The Morgan fingerprint density at radius 1 is 0.442 bits per heavy atom. The van der Waals surface area contributed by atoms with Crippen LogP contribution in [0.3, 0.4) is 0 Å². The number of benzene rings is 7. The molecular weight excluding hydrogens is 669 g/mol. The maximum Gasteiger partial charge on any atom is 0.0751 e. The van der Waals surface area contributed by atoms with Crippen LogP contribution >= 0.6 is 23.5 Å². The highest BCUT2D eigenvalue weighted by molar-refractivity contribution is 8.00. The van der Waals surface area contributed by atoms with Gasteiger partial charge in [0.25, 0.3) is 0 Å². The average Bonchev–Trinajstić information content (AvgIpc) is 3.54. The van der Waals surface area contributed by atoms with Gasteiger partial charge in [0.2, 0.25) is 0 Å². The number of fused-ring (bicyclic) bond motifs is 11. The van der Waals surface area contributed by atoms with Crippen LogP contribution in [0.1, 0.15) is 22.3 Å². The first-order valence-corrected chi connectivity index (χ1v) is 19.3. The molecule has 11 rings (SSSR count). The number of hydrogen-bond acceptors (Lipinski definition) is 3.